The Morgan fingerprint density at radius 1 is 1.37 bits per heavy atom. The molecule has 0 heterocycles. The Morgan fingerprint density at radius 3 is 2.79 bits per heavy atom. The number of hydrogen-bond donors (Lipinski definition) is 2. The smallest absolute Gasteiger partial charge is 0.0945 e. The summed E-state index contributed by atoms with van der Waals surface area (Å²) in [5.74, 6) is 0. The number of aliphatic hydroxyl groups excluding tert-OH is 1. The van der Waals surface area contributed by atoms with Crippen LogP contribution in [0.4, 0.5) is 5.69 Å². The van der Waals surface area contributed by atoms with Crippen LogP contribution in [0.1, 0.15) is 12.5 Å². The van der Waals surface area contributed by atoms with Gasteiger partial charge in [0.1, 0.15) is 0 Å². The van der Waals surface area contributed by atoms with Crippen LogP contribution in [0.15, 0.2) is 18.2 Å². The van der Waals surface area contributed by atoms with Gasteiger partial charge in [0.25, 0.3) is 0 Å². The highest BCUT2D eigenvalue weighted by Gasteiger charge is 2.09. The quantitative estimate of drug-likeness (QED) is 0.771. The highest BCUT2D eigenvalue weighted by molar-refractivity contribution is 6.31. The standard InChI is InChI=1S/C14H22ClNO3/c1-10(8-18-3)19-9-12(17)7-16-14-6-4-5-13(15)11(14)2/h4-6,10,12,16-17H,7-9H2,1-3H3. The van der Waals surface area contributed by atoms with Crippen molar-refractivity contribution in [2.75, 3.05) is 32.2 Å². The molecular formula is C14H22ClNO3. The van der Waals surface area contributed by atoms with Gasteiger partial charge in [0.2, 0.25) is 0 Å². The second-order valence-electron chi connectivity index (χ2n) is 4.55. The Balaban J connectivity index is 2.33. The molecule has 1 rings (SSSR count). The summed E-state index contributed by atoms with van der Waals surface area (Å²) in [4.78, 5) is 0. The minimum Gasteiger partial charge on any atom is -0.389 e. The lowest BCUT2D eigenvalue weighted by molar-refractivity contribution is -0.0282. The third-order valence-corrected chi connectivity index (χ3v) is 3.18. The number of aliphatic hydroxyl groups is 1. The molecule has 0 bridgehead atoms. The number of methoxy groups -OCH3 is 1. The second kappa shape index (κ2) is 8.38. The molecule has 0 aliphatic heterocycles. The zero-order valence-corrected chi connectivity index (χ0v) is 12.4. The van der Waals surface area contributed by atoms with Gasteiger partial charge in [0.05, 0.1) is 25.4 Å². The third kappa shape index (κ3) is 5.78. The van der Waals surface area contributed by atoms with Gasteiger partial charge in [-0.3, -0.25) is 0 Å². The number of nitrogens with one attached hydrogen (secondary N) is 1. The van der Waals surface area contributed by atoms with Crippen molar-refractivity contribution in [3.05, 3.63) is 28.8 Å². The Labute approximate surface area is 119 Å². The summed E-state index contributed by atoms with van der Waals surface area (Å²) in [6.45, 7) is 5.06. The zero-order valence-electron chi connectivity index (χ0n) is 11.6. The predicted molar refractivity (Wildman–Crippen MR) is 78.0 cm³/mol. The zero-order chi connectivity index (χ0) is 14.3. The van der Waals surface area contributed by atoms with E-state index in [1.165, 1.54) is 0 Å². The summed E-state index contributed by atoms with van der Waals surface area (Å²) < 4.78 is 10.4. The molecule has 0 aliphatic carbocycles. The lowest BCUT2D eigenvalue weighted by Crippen LogP contribution is -2.28. The van der Waals surface area contributed by atoms with E-state index in [4.69, 9.17) is 21.1 Å². The number of hydrogen-bond acceptors (Lipinski definition) is 4. The summed E-state index contributed by atoms with van der Waals surface area (Å²) in [6.07, 6.45) is -0.592. The lowest BCUT2D eigenvalue weighted by atomic mass is 10.2. The van der Waals surface area contributed by atoms with Gasteiger partial charge in [-0.25, -0.2) is 0 Å². The maximum absolute atomic E-state index is 9.83. The number of halogens is 1. The largest absolute Gasteiger partial charge is 0.389 e. The monoisotopic (exact) mass is 287 g/mol. The van der Waals surface area contributed by atoms with E-state index in [1.807, 2.05) is 32.0 Å². The Kier molecular flexibility index (Phi) is 7.16. The summed E-state index contributed by atoms with van der Waals surface area (Å²) in [6, 6.07) is 5.65. The molecule has 5 heteroatoms. The first kappa shape index (κ1) is 16.2. The fourth-order valence-electron chi connectivity index (χ4n) is 1.64. The highest BCUT2D eigenvalue weighted by atomic mass is 35.5. The van der Waals surface area contributed by atoms with Gasteiger partial charge in [-0.2, -0.15) is 0 Å². The first-order chi connectivity index (χ1) is 9.04. The molecule has 0 aliphatic rings. The van der Waals surface area contributed by atoms with E-state index in [2.05, 4.69) is 5.32 Å². The van der Waals surface area contributed by atoms with Crippen LogP contribution in [0, 0.1) is 6.92 Å². The van der Waals surface area contributed by atoms with Crippen LogP contribution in [-0.2, 0) is 9.47 Å². The molecule has 0 spiro atoms. The van der Waals surface area contributed by atoms with E-state index in [-0.39, 0.29) is 12.7 Å². The van der Waals surface area contributed by atoms with Crippen LogP contribution < -0.4 is 5.32 Å². The van der Waals surface area contributed by atoms with Crippen LogP contribution in [0.5, 0.6) is 0 Å². The van der Waals surface area contributed by atoms with Gasteiger partial charge in [0.15, 0.2) is 0 Å². The number of rotatable bonds is 8. The van der Waals surface area contributed by atoms with Crippen molar-refractivity contribution in [1.29, 1.82) is 0 Å². The normalized spacial score (nSPS) is 14.2. The maximum atomic E-state index is 9.83. The lowest BCUT2D eigenvalue weighted by Gasteiger charge is -2.17. The number of ether oxygens (including phenoxy) is 2. The first-order valence-electron chi connectivity index (χ1n) is 6.32. The van der Waals surface area contributed by atoms with E-state index in [0.29, 0.717) is 18.2 Å². The minimum atomic E-state index is -0.572. The van der Waals surface area contributed by atoms with Crippen molar-refractivity contribution in [1.82, 2.24) is 0 Å². The van der Waals surface area contributed by atoms with Crippen LogP contribution in [-0.4, -0.2) is 44.2 Å². The van der Waals surface area contributed by atoms with E-state index in [9.17, 15) is 5.11 Å². The Morgan fingerprint density at radius 2 is 2.11 bits per heavy atom. The fraction of sp³-hybridized carbons (Fsp3) is 0.571. The Bertz CT molecular complexity index is 387. The SMILES string of the molecule is COCC(C)OCC(O)CNc1cccc(Cl)c1C. The van der Waals surface area contributed by atoms with Gasteiger partial charge < -0.3 is 19.9 Å². The van der Waals surface area contributed by atoms with Gasteiger partial charge >= 0.3 is 0 Å². The fourth-order valence-corrected chi connectivity index (χ4v) is 1.82. The van der Waals surface area contributed by atoms with Gasteiger partial charge in [0, 0.05) is 24.4 Å². The van der Waals surface area contributed by atoms with Crippen molar-refractivity contribution in [3.63, 3.8) is 0 Å². The summed E-state index contributed by atoms with van der Waals surface area (Å²) in [5.41, 5.74) is 1.90. The van der Waals surface area contributed by atoms with Crippen molar-refractivity contribution in [3.8, 4) is 0 Å². The Hall–Kier alpha value is -0.810. The summed E-state index contributed by atoms with van der Waals surface area (Å²) >= 11 is 6.03. The van der Waals surface area contributed by atoms with Crippen molar-refractivity contribution in [2.45, 2.75) is 26.1 Å². The van der Waals surface area contributed by atoms with Crippen molar-refractivity contribution < 1.29 is 14.6 Å². The number of benzene rings is 1. The van der Waals surface area contributed by atoms with Crippen LogP contribution in [0.3, 0.4) is 0 Å². The van der Waals surface area contributed by atoms with Crippen LogP contribution in [0.2, 0.25) is 5.02 Å². The second-order valence-corrected chi connectivity index (χ2v) is 4.95. The van der Waals surface area contributed by atoms with E-state index in [1.54, 1.807) is 7.11 Å². The van der Waals surface area contributed by atoms with E-state index in [0.717, 1.165) is 11.3 Å². The average Bonchev–Trinajstić information content (AvgIpc) is 2.38. The van der Waals surface area contributed by atoms with E-state index >= 15 is 0 Å². The molecule has 108 valence electrons. The average molecular weight is 288 g/mol. The van der Waals surface area contributed by atoms with E-state index < -0.39 is 6.10 Å². The topological polar surface area (TPSA) is 50.7 Å². The molecule has 1 aromatic carbocycles. The van der Waals surface area contributed by atoms with Crippen molar-refractivity contribution >= 4 is 17.3 Å². The molecule has 2 unspecified atom stereocenters. The third-order valence-electron chi connectivity index (χ3n) is 2.77. The molecule has 2 N–H and O–H groups in total. The molecule has 0 fully saturated rings. The highest BCUT2D eigenvalue weighted by Crippen LogP contribution is 2.22. The molecular weight excluding hydrogens is 266 g/mol. The van der Waals surface area contributed by atoms with Crippen molar-refractivity contribution in [2.24, 2.45) is 0 Å². The molecule has 1 aromatic rings. The van der Waals surface area contributed by atoms with Gasteiger partial charge in [-0.15, -0.1) is 0 Å². The predicted octanol–water partition coefficient (Wildman–Crippen LogP) is 2.47. The molecule has 4 nitrogen and oxygen atoms in total. The molecule has 0 saturated carbocycles. The number of anilines is 1. The van der Waals surface area contributed by atoms with Crippen LogP contribution >= 0.6 is 11.6 Å². The molecule has 0 aromatic heterocycles. The summed E-state index contributed by atoms with van der Waals surface area (Å²) in [7, 11) is 1.62. The minimum absolute atomic E-state index is 0.0208. The molecule has 0 saturated heterocycles. The first-order valence-corrected chi connectivity index (χ1v) is 6.70. The van der Waals surface area contributed by atoms with Gasteiger partial charge in [-0.1, -0.05) is 17.7 Å². The van der Waals surface area contributed by atoms with Crippen LogP contribution in [0.25, 0.3) is 0 Å². The van der Waals surface area contributed by atoms with Gasteiger partial charge in [-0.05, 0) is 31.5 Å². The molecule has 2 atom stereocenters. The maximum Gasteiger partial charge on any atom is 0.0945 e. The molecule has 0 radical (unpaired) electrons. The molecule has 0 amide bonds. The summed E-state index contributed by atoms with van der Waals surface area (Å²) in [5, 5.41) is 13.7. The molecule has 19 heavy (non-hydrogen) atoms.